The summed E-state index contributed by atoms with van der Waals surface area (Å²) in [6, 6.07) is 13.1. The molecule has 0 saturated heterocycles. The van der Waals surface area contributed by atoms with E-state index < -0.39 is 0 Å². The number of amides is 1. The average molecular weight is 364 g/mol. The Morgan fingerprint density at radius 2 is 2.05 bits per heavy atom. The predicted molar refractivity (Wildman–Crippen MR) is 89.6 cm³/mol. The molecule has 0 fully saturated rings. The number of para-hydroxylation sites is 2. The van der Waals surface area contributed by atoms with Crippen LogP contribution in [0.5, 0.6) is 5.75 Å². The van der Waals surface area contributed by atoms with Crippen molar-refractivity contribution in [2.75, 3.05) is 18.1 Å². The van der Waals surface area contributed by atoms with Crippen LogP contribution in [0, 0.1) is 0 Å². The summed E-state index contributed by atoms with van der Waals surface area (Å²) in [5, 5.41) is 0. The average Bonchev–Trinajstić information content (AvgIpc) is 2.71. The van der Waals surface area contributed by atoms with Crippen LogP contribution in [0.3, 0.4) is 0 Å². The highest BCUT2D eigenvalue weighted by atomic mass is 79.9. The van der Waals surface area contributed by atoms with Crippen LogP contribution in [-0.2, 0) is 0 Å². The highest BCUT2D eigenvalue weighted by Crippen LogP contribution is 2.32. The van der Waals surface area contributed by atoms with Gasteiger partial charge in [-0.05, 0) is 52.7 Å². The molecule has 5 heteroatoms. The van der Waals surface area contributed by atoms with Crippen LogP contribution in [-0.4, -0.2) is 19.1 Å². The van der Waals surface area contributed by atoms with Gasteiger partial charge in [-0.1, -0.05) is 12.1 Å². The first-order chi connectivity index (χ1) is 10.2. The number of hydrogen-bond donors (Lipinski definition) is 1. The normalized spacial score (nSPS) is 14.1. The van der Waals surface area contributed by atoms with Crippen LogP contribution in [0.15, 0.2) is 51.8 Å². The van der Waals surface area contributed by atoms with Gasteiger partial charge in [-0.15, -0.1) is 12.6 Å². The van der Waals surface area contributed by atoms with Crippen molar-refractivity contribution in [3.8, 4) is 5.75 Å². The largest absolute Gasteiger partial charge is 0.491 e. The van der Waals surface area contributed by atoms with Crippen LogP contribution in [0.1, 0.15) is 16.8 Å². The quantitative estimate of drug-likeness (QED) is 0.770. The second-order valence-corrected chi connectivity index (χ2v) is 6.16. The third-order valence-corrected chi connectivity index (χ3v) is 4.33. The molecule has 0 radical (unpaired) electrons. The summed E-state index contributed by atoms with van der Waals surface area (Å²) >= 11 is 7.76. The van der Waals surface area contributed by atoms with E-state index in [0.29, 0.717) is 18.7 Å². The summed E-state index contributed by atoms with van der Waals surface area (Å²) in [6.45, 7) is 1.26. The molecule has 0 spiro atoms. The summed E-state index contributed by atoms with van der Waals surface area (Å²) < 4.78 is 6.47. The Morgan fingerprint density at radius 1 is 1.24 bits per heavy atom. The first kappa shape index (κ1) is 14.5. The maximum atomic E-state index is 12.9. The van der Waals surface area contributed by atoms with Crippen molar-refractivity contribution in [3.63, 3.8) is 0 Å². The Labute approximate surface area is 137 Å². The van der Waals surface area contributed by atoms with E-state index in [4.69, 9.17) is 4.74 Å². The molecule has 0 N–H and O–H groups in total. The smallest absolute Gasteiger partial charge is 0.259 e. The number of rotatable bonds is 1. The van der Waals surface area contributed by atoms with Crippen LogP contribution < -0.4 is 9.64 Å². The second kappa shape index (κ2) is 6.12. The lowest BCUT2D eigenvalue weighted by atomic mass is 10.1. The zero-order chi connectivity index (χ0) is 14.8. The van der Waals surface area contributed by atoms with Crippen molar-refractivity contribution >= 4 is 40.2 Å². The van der Waals surface area contributed by atoms with Gasteiger partial charge in [0.2, 0.25) is 0 Å². The molecule has 21 heavy (non-hydrogen) atoms. The molecule has 3 rings (SSSR count). The first-order valence-corrected chi connectivity index (χ1v) is 7.93. The molecular formula is C16H14BrNO2S. The Balaban J connectivity index is 2.03. The molecule has 1 heterocycles. The minimum atomic E-state index is -0.0456. The molecule has 2 aromatic rings. The summed E-state index contributed by atoms with van der Waals surface area (Å²) in [5.41, 5.74) is 1.43. The topological polar surface area (TPSA) is 29.5 Å². The highest BCUT2D eigenvalue weighted by Gasteiger charge is 2.24. The number of nitrogens with zero attached hydrogens (tertiary/aromatic N) is 1. The van der Waals surface area contributed by atoms with E-state index in [2.05, 4.69) is 28.6 Å². The molecule has 108 valence electrons. The predicted octanol–water partition coefficient (Wildman–Crippen LogP) is 4.17. The zero-order valence-electron chi connectivity index (χ0n) is 11.3. The monoisotopic (exact) mass is 363 g/mol. The van der Waals surface area contributed by atoms with Crippen LogP contribution in [0.4, 0.5) is 5.69 Å². The summed E-state index contributed by atoms with van der Waals surface area (Å²) in [5.74, 6) is 0.706. The van der Waals surface area contributed by atoms with Gasteiger partial charge in [-0.2, -0.15) is 0 Å². The van der Waals surface area contributed by atoms with E-state index in [9.17, 15) is 4.79 Å². The molecule has 0 unspecified atom stereocenters. The Kier molecular flexibility index (Phi) is 4.22. The van der Waals surface area contributed by atoms with Crippen molar-refractivity contribution < 1.29 is 9.53 Å². The molecule has 1 amide bonds. The van der Waals surface area contributed by atoms with Gasteiger partial charge in [0.15, 0.2) is 0 Å². The number of carbonyl (C=O) groups is 1. The molecule has 0 aliphatic carbocycles. The Morgan fingerprint density at radius 3 is 2.90 bits per heavy atom. The lowest BCUT2D eigenvalue weighted by Crippen LogP contribution is -2.31. The van der Waals surface area contributed by atoms with E-state index in [1.807, 2.05) is 36.4 Å². The van der Waals surface area contributed by atoms with Crippen LogP contribution in [0.25, 0.3) is 0 Å². The fourth-order valence-electron chi connectivity index (χ4n) is 2.36. The number of hydrogen-bond acceptors (Lipinski definition) is 3. The van der Waals surface area contributed by atoms with E-state index in [1.165, 1.54) is 0 Å². The van der Waals surface area contributed by atoms with Crippen molar-refractivity contribution in [3.05, 3.63) is 52.5 Å². The van der Waals surface area contributed by atoms with Crippen molar-refractivity contribution in [2.45, 2.75) is 11.3 Å². The number of benzene rings is 2. The molecule has 0 aromatic heterocycles. The van der Waals surface area contributed by atoms with Crippen molar-refractivity contribution in [2.24, 2.45) is 0 Å². The van der Waals surface area contributed by atoms with Gasteiger partial charge in [0.05, 0.1) is 17.9 Å². The Bertz CT molecular complexity index is 690. The van der Waals surface area contributed by atoms with Gasteiger partial charge in [0, 0.05) is 15.9 Å². The number of thiol groups is 1. The maximum absolute atomic E-state index is 12.9. The highest BCUT2D eigenvalue weighted by molar-refractivity contribution is 9.10. The minimum absolute atomic E-state index is 0.0456. The van der Waals surface area contributed by atoms with E-state index >= 15 is 0 Å². The molecule has 3 nitrogen and oxygen atoms in total. The summed E-state index contributed by atoms with van der Waals surface area (Å²) in [4.78, 5) is 15.4. The molecule has 1 aliphatic rings. The molecule has 1 aliphatic heterocycles. The van der Waals surface area contributed by atoms with Gasteiger partial charge >= 0.3 is 0 Å². The third-order valence-electron chi connectivity index (χ3n) is 3.37. The molecule has 0 atom stereocenters. The molecule has 2 aromatic carbocycles. The fourth-order valence-corrected chi connectivity index (χ4v) is 2.98. The van der Waals surface area contributed by atoms with Crippen molar-refractivity contribution in [1.82, 2.24) is 0 Å². The van der Waals surface area contributed by atoms with Gasteiger partial charge in [0.1, 0.15) is 5.75 Å². The van der Waals surface area contributed by atoms with Crippen LogP contribution in [0.2, 0.25) is 0 Å². The maximum Gasteiger partial charge on any atom is 0.259 e. The lowest BCUT2D eigenvalue weighted by molar-refractivity contribution is 0.0986. The second-order valence-electron chi connectivity index (χ2n) is 4.79. The minimum Gasteiger partial charge on any atom is -0.491 e. The molecule has 0 bridgehead atoms. The number of fused-ring (bicyclic) bond motifs is 1. The first-order valence-electron chi connectivity index (χ1n) is 6.69. The summed E-state index contributed by atoms with van der Waals surface area (Å²) in [7, 11) is 0. The number of anilines is 1. The molecule has 0 saturated carbocycles. The SMILES string of the molecule is O=C(c1cc(S)ccc1Br)N1CCCOc2ccccc21. The van der Waals surface area contributed by atoms with Gasteiger partial charge in [0.25, 0.3) is 5.91 Å². The summed E-state index contributed by atoms with van der Waals surface area (Å²) in [6.07, 6.45) is 0.804. The zero-order valence-corrected chi connectivity index (χ0v) is 13.7. The Hall–Kier alpha value is -1.46. The van der Waals surface area contributed by atoms with Gasteiger partial charge < -0.3 is 9.64 Å². The van der Waals surface area contributed by atoms with Crippen LogP contribution >= 0.6 is 28.6 Å². The van der Waals surface area contributed by atoms with Crippen molar-refractivity contribution in [1.29, 1.82) is 0 Å². The van der Waals surface area contributed by atoms with E-state index in [0.717, 1.165) is 27.2 Å². The standard InChI is InChI=1S/C16H14BrNO2S/c17-13-7-6-11(21)10-12(13)16(19)18-8-3-9-20-15-5-2-1-4-14(15)18/h1-2,4-7,10,21H,3,8-9H2. The van der Waals surface area contributed by atoms with E-state index in [-0.39, 0.29) is 5.91 Å². The van der Waals surface area contributed by atoms with E-state index in [1.54, 1.807) is 11.0 Å². The molecular weight excluding hydrogens is 350 g/mol. The third kappa shape index (κ3) is 2.94. The van der Waals surface area contributed by atoms with Gasteiger partial charge in [-0.25, -0.2) is 0 Å². The fraction of sp³-hybridized carbons (Fsp3) is 0.188. The van der Waals surface area contributed by atoms with Gasteiger partial charge in [-0.3, -0.25) is 4.79 Å². The number of ether oxygens (including phenoxy) is 1. The number of carbonyl (C=O) groups excluding carboxylic acids is 1. The lowest BCUT2D eigenvalue weighted by Gasteiger charge is -2.22. The number of halogens is 1.